The number of esters is 2. The standard InChI is InChI=1S/C15H12O3S/c1-8(2)19-12-7-6-11-13-9(12)4-3-5-10(13)14(16)18-15(11)17/h3-8H,1-2H3. The van der Waals surface area contributed by atoms with Crippen molar-refractivity contribution in [3.8, 4) is 0 Å². The summed E-state index contributed by atoms with van der Waals surface area (Å²) in [5.74, 6) is -1.12. The Morgan fingerprint density at radius 1 is 1.00 bits per heavy atom. The summed E-state index contributed by atoms with van der Waals surface area (Å²) in [6, 6.07) is 9.13. The molecule has 96 valence electrons. The molecular formula is C15H12O3S. The zero-order valence-electron chi connectivity index (χ0n) is 10.6. The fourth-order valence-electron chi connectivity index (χ4n) is 2.27. The first-order valence-corrected chi connectivity index (χ1v) is 6.95. The van der Waals surface area contributed by atoms with Gasteiger partial charge in [0.2, 0.25) is 0 Å². The average Bonchev–Trinajstić information content (AvgIpc) is 2.36. The van der Waals surface area contributed by atoms with Crippen LogP contribution in [0.15, 0.2) is 35.2 Å². The molecule has 0 N–H and O–H groups in total. The molecule has 19 heavy (non-hydrogen) atoms. The fraction of sp³-hybridized carbons (Fsp3) is 0.200. The van der Waals surface area contributed by atoms with Crippen molar-refractivity contribution in [2.24, 2.45) is 0 Å². The highest BCUT2D eigenvalue weighted by molar-refractivity contribution is 8.00. The second-order valence-electron chi connectivity index (χ2n) is 4.68. The van der Waals surface area contributed by atoms with E-state index in [0.29, 0.717) is 16.4 Å². The topological polar surface area (TPSA) is 43.4 Å². The monoisotopic (exact) mass is 272 g/mol. The van der Waals surface area contributed by atoms with Gasteiger partial charge in [0.15, 0.2) is 0 Å². The minimum absolute atomic E-state index is 0.434. The van der Waals surface area contributed by atoms with Crippen LogP contribution in [0, 0.1) is 0 Å². The molecule has 0 atom stereocenters. The number of thioether (sulfide) groups is 1. The van der Waals surface area contributed by atoms with Gasteiger partial charge in [-0.25, -0.2) is 9.59 Å². The molecule has 0 unspecified atom stereocenters. The largest absolute Gasteiger partial charge is 0.386 e. The number of benzene rings is 2. The van der Waals surface area contributed by atoms with Gasteiger partial charge in [-0.3, -0.25) is 0 Å². The first-order valence-electron chi connectivity index (χ1n) is 6.07. The maximum atomic E-state index is 11.8. The lowest BCUT2D eigenvalue weighted by Crippen LogP contribution is -2.19. The summed E-state index contributed by atoms with van der Waals surface area (Å²) in [5, 5.41) is 2.09. The molecule has 0 aliphatic carbocycles. The van der Waals surface area contributed by atoms with Crippen LogP contribution in [0.2, 0.25) is 0 Å². The van der Waals surface area contributed by atoms with E-state index in [1.807, 2.05) is 18.2 Å². The van der Waals surface area contributed by atoms with Crippen molar-refractivity contribution in [2.45, 2.75) is 24.0 Å². The number of hydrogen-bond acceptors (Lipinski definition) is 4. The van der Waals surface area contributed by atoms with E-state index in [-0.39, 0.29) is 0 Å². The number of carbonyl (C=O) groups is 2. The lowest BCUT2D eigenvalue weighted by Gasteiger charge is -2.17. The predicted molar refractivity (Wildman–Crippen MR) is 74.7 cm³/mol. The van der Waals surface area contributed by atoms with Crippen LogP contribution in [0.3, 0.4) is 0 Å². The number of ether oxygens (including phenoxy) is 1. The second-order valence-corrected chi connectivity index (χ2v) is 6.30. The van der Waals surface area contributed by atoms with Gasteiger partial charge in [-0.2, -0.15) is 0 Å². The molecule has 2 aromatic carbocycles. The Kier molecular flexibility index (Phi) is 2.82. The van der Waals surface area contributed by atoms with Crippen LogP contribution in [0.4, 0.5) is 0 Å². The van der Waals surface area contributed by atoms with Crippen molar-refractivity contribution in [3.05, 3.63) is 41.5 Å². The summed E-state index contributed by atoms with van der Waals surface area (Å²) in [7, 11) is 0. The van der Waals surface area contributed by atoms with Crippen molar-refractivity contribution in [1.29, 1.82) is 0 Å². The summed E-state index contributed by atoms with van der Waals surface area (Å²) in [5.41, 5.74) is 0.941. The Labute approximate surface area is 114 Å². The minimum atomic E-state index is -0.560. The fourth-order valence-corrected chi connectivity index (χ4v) is 3.22. The molecule has 2 aromatic rings. The third-order valence-corrected chi connectivity index (χ3v) is 4.07. The Morgan fingerprint density at radius 2 is 1.68 bits per heavy atom. The van der Waals surface area contributed by atoms with E-state index in [1.54, 1.807) is 23.9 Å². The Bertz CT molecular complexity index is 684. The van der Waals surface area contributed by atoms with E-state index in [9.17, 15) is 9.59 Å². The molecule has 4 heteroatoms. The summed E-state index contributed by atoms with van der Waals surface area (Å²) < 4.78 is 4.74. The van der Waals surface area contributed by atoms with Gasteiger partial charge in [0.05, 0.1) is 11.1 Å². The van der Waals surface area contributed by atoms with Crippen molar-refractivity contribution < 1.29 is 14.3 Å². The number of carbonyl (C=O) groups excluding carboxylic acids is 2. The van der Waals surface area contributed by atoms with Gasteiger partial charge in [0.1, 0.15) is 0 Å². The molecular weight excluding hydrogens is 260 g/mol. The van der Waals surface area contributed by atoms with Crippen LogP contribution in [0.25, 0.3) is 10.8 Å². The average molecular weight is 272 g/mol. The van der Waals surface area contributed by atoms with E-state index in [0.717, 1.165) is 15.7 Å². The zero-order valence-corrected chi connectivity index (χ0v) is 11.4. The van der Waals surface area contributed by atoms with Crippen molar-refractivity contribution in [1.82, 2.24) is 0 Å². The Morgan fingerprint density at radius 3 is 2.37 bits per heavy atom. The maximum Gasteiger partial charge on any atom is 0.346 e. The van der Waals surface area contributed by atoms with Gasteiger partial charge in [-0.15, -0.1) is 11.8 Å². The minimum Gasteiger partial charge on any atom is -0.386 e. The summed E-state index contributed by atoms with van der Waals surface area (Å²) in [6.07, 6.45) is 0. The summed E-state index contributed by atoms with van der Waals surface area (Å²) in [6.45, 7) is 4.22. The molecule has 0 radical (unpaired) electrons. The summed E-state index contributed by atoms with van der Waals surface area (Å²) in [4.78, 5) is 24.6. The molecule has 0 amide bonds. The maximum absolute atomic E-state index is 11.8. The van der Waals surface area contributed by atoms with Crippen molar-refractivity contribution in [2.75, 3.05) is 0 Å². The Hall–Kier alpha value is -1.81. The van der Waals surface area contributed by atoms with Crippen LogP contribution >= 0.6 is 11.8 Å². The second kappa shape index (κ2) is 4.38. The van der Waals surface area contributed by atoms with Crippen molar-refractivity contribution in [3.63, 3.8) is 0 Å². The van der Waals surface area contributed by atoms with Crippen LogP contribution in [0.1, 0.15) is 34.6 Å². The highest BCUT2D eigenvalue weighted by atomic mass is 32.2. The van der Waals surface area contributed by atoms with Gasteiger partial charge < -0.3 is 4.74 Å². The molecule has 3 nitrogen and oxygen atoms in total. The SMILES string of the molecule is CC(C)Sc1ccc2c3c(cccc13)C(=O)OC2=O. The van der Waals surface area contributed by atoms with Crippen LogP contribution in [-0.4, -0.2) is 17.2 Å². The molecule has 0 fully saturated rings. The molecule has 0 aromatic heterocycles. The van der Waals surface area contributed by atoms with Gasteiger partial charge in [0, 0.05) is 15.5 Å². The van der Waals surface area contributed by atoms with Crippen LogP contribution in [-0.2, 0) is 4.74 Å². The molecule has 0 saturated heterocycles. The quantitative estimate of drug-likeness (QED) is 0.475. The summed E-state index contributed by atoms with van der Waals surface area (Å²) >= 11 is 1.72. The molecule has 0 spiro atoms. The molecule has 0 saturated carbocycles. The highest BCUT2D eigenvalue weighted by Crippen LogP contribution is 2.36. The van der Waals surface area contributed by atoms with Gasteiger partial charge in [-0.05, 0) is 23.6 Å². The lowest BCUT2D eigenvalue weighted by atomic mass is 9.97. The molecule has 0 bridgehead atoms. The number of hydrogen-bond donors (Lipinski definition) is 0. The normalized spacial score (nSPS) is 14.1. The Balaban J connectivity index is 2.35. The molecule has 3 rings (SSSR count). The van der Waals surface area contributed by atoms with E-state index in [1.165, 1.54) is 0 Å². The zero-order chi connectivity index (χ0) is 13.6. The third kappa shape index (κ3) is 1.92. The predicted octanol–water partition coefficient (Wildman–Crippen LogP) is 3.65. The van der Waals surface area contributed by atoms with Crippen LogP contribution < -0.4 is 0 Å². The van der Waals surface area contributed by atoms with E-state index in [2.05, 4.69) is 13.8 Å². The molecule has 1 heterocycles. The van der Waals surface area contributed by atoms with Gasteiger partial charge >= 0.3 is 11.9 Å². The van der Waals surface area contributed by atoms with Crippen molar-refractivity contribution >= 4 is 34.5 Å². The third-order valence-electron chi connectivity index (χ3n) is 2.99. The van der Waals surface area contributed by atoms with E-state index < -0.39 is 11.9 Å². The highest BCUT2D eigenvalue weighted by Gasteiger charge is 2.27. The first kappa shape index (κ1) is 12.2. The first-order chi connectivity index (χ1) is 9.08. The number of cyclic esters (lactones) is 2. The lowest BCUT2D eigenvalue weighted by molar-refractivity contribution is 0.0391. The van der Waals surface area contributed by atoms with E-state index in [4.69, 9.17) is 4.74 Å². The number of rotatable bonds is 2. The van der Waals surface area contributed by atoms with E-state index >= 15 is 0 Å². The van der Waals surface area contributed by atoms with Gasteiger partial charge in [-0.1, -0.05) is 26.0 Å². The smallest absolute Gasteiger partial charge is 0.346 e. The van der Waals surface area contributed by atoms with Gasteiger partial charge in [0.25, 0.3) is 0 Å². The molecule has 1 aliphatic heterocycles. The van der Waals surface area contributed by atoms with Crippen LogP contribution in [0.5, 0.6) is 0 Å². The molecule has 1 aliphatic rings.